The van der Waals surface area contributed by atoms with Crippen LogP contribution < -0.4 is 0 Å². The van der Waals surface area contributed by atoms with Crippen molar-refractivity contribution in [2.45, 2.75) is 50.9 Å². The van der Waals surface area contributed by atoms with E-state index >= 15 is 0 Å². The standard InChI is InChI=1S/C15H19FO2/c1-2-11-10-12(6-7-13(11)16)15(14(17)18)8-4-3-5-9-15/h6-7,10H,2-5,8-9H2,1H3,(H,17,18). The van der Waals surface area contributed by atoms with E-state index in [4.69, 9.17) is 0 Å². The molecular weight excluding hydrogens is 231 g/mol. The van der Waals surface area contributed by atoms with Crippen LogP contribution in [0, 0.1) is 5.82 Å². The number of rotatable bonds is 3. The molecule has 18 heavy (non-hydrogen) atoms. The van der Waals surface area contributed by atoms with E-state index in [1.807, 2.05) is 6.92 Å². The largest absolute Gasteiger partial charge is 0.481 e. The van der Waals surface area contributed by atoms with E-state index in [1.165, 1.54) is 6.07 Å². The van der Waals surface area contributed by atoms with Crippen molar-refractivity contribution in [2.75, 3.05) is 0 Å². The third-order valence-corrected chi connectivity index (χ3v) is 4.10. The number of hydrogen-bond acceptors (Lipinski definition) is 1. The predicted molar refractivity (Wildman–Crippen MR) is 68.2 cm³/mol. The van der Waals surface area contributed by atoms with Gasteiger partial charge in [-0.1, -0.05) is 38.3 Å². The molecule has 0 spiro atoms. The lowest BCUT2D eigenvalue weighted by atomic mass is 9.69. The quantitative estimate of drug-likeness (QED) is 0.888. The normalized spacial score (nSPS) is 18.6. The van der Waals surface area contributed by atoms with Gasteiger partial charge in [-0.05, 0) is 36.5 Å². The zero-order chi connectivity index (χ0) is 13.2. The van der Waals surface area contributed by atoms with E-state index in [0.717, 1.165) is 24.8 Å². The summed E-state index contributed by atoms with van der Waals surface area (Å²) in [5.41, 5.74) is 0.585. The molecule has 0 heterocycles. The fourth-order valence-electron chi connectivity index (χ4n) is 2.92. The van der Waals surface area contributed by atoms with Crippen LogP contribution in [0.4, 0.5) is 4.39 Å². The minimum absolute atomic E-state index is 0.238. The molecule has 0 bridgehead atoms. The van der Waals surface area contributed by atoms with Crippen molar-refractivity contribution < 1.29 is 14.3 Å². The van der Waals surface area contributed by atoms with Gasteiger partial charge in [0.1, 0.15) is 5.82 Å². The average molecular weight is 250 g/mol. The highest BCUT2D eigenvalue weighted by Crippen LogP contribution is 2.40. The van der Waals surface area contributed by atoms with Crippen molar-refractivity contribution in [1.82, 2.24) is 0 Å². The summed E-state index contributed by atoms with van der Waals surface area (Å²) in [5, 5.41) is 9.58. The summed E-state index contributed by atoms with van der Waals surface area (Å²) >= 11 is 0. The van der Waals surface area contributed by atoms with Crippen molar-refractivity contribution in [3.8, 4) is 0 Å². The Labute approximate surface area is 107 Å². The molecule has 0 saturated heterocycles. The third-order valence-electron chi connectivity index (χ3n) is 4.10. The summed E-state index contributed by atoms with van der Waals surface area (Å²) in [7, 11) is 0. The topological polar surface area (TPSA) is 37.3 Å². The lowest BCUT2D eigenvalue weighted by molar-refractivity contribution is -0.145. The van der Waals surface area contributed by atoms with Crippen LogP contribution in [0.3, 0.4) is 0 Å². The molecule has 2 nitrogen and oxygen atoms in total. The van der Waals surface area contributed by atoms with Crippen LogP contribution >= 0.6 is 0 Å². The van der Waals surface area contributed by atoms with Gasteiger partial charge in [-0.15, -0.1) is 0 Å². The van der Waals surface area contributed by atoms with E-state index in [-0.39, 0.29) is 5.82 Å². The summed E-state index contributed by atoms with van der Waals surface area (Å²) in [6, 6.07) is 4.80. The summed E-state index contributed by atoms with van der Waals surface area (Å²) in [6.45, 7) is 1.89. The van der Waals surface area contributed by atoms with Gasteiger partial charge >= 0.3 is 5.97 Å². The molecule has 1 aliphatic rings. The highest BCUT2D eigenvalue weighted by Gasteiger charge is 2.41. The molecule has 98 valence electrons. The first-order valence-electron chi connectivity index (χ1n) is 6.62. The summed E-state index contributed by atoms with van der Waals surface area (Å²) in [5.74, 6) is -1.01. The van der Waals surface area contributed by atoms with Crippen LogP contribution in [0.5, 0.6) is 0 Å². The van der Waals surface area contributed by atoms with Gasteiger partial charge in [0, 0.05) is 0 Å². The Bertz CT molecular complexity index is 448. The summed E-state index contributed by atoms with van der Waals surface area (Å²) in [6.07, 6.45) is 4.89. The number of carboxylic acids is 1. The Morgan fingerprint density at radius 3 is 2.56 bits per heavy atom. The molecular formula is C15H19FO2. The number of carbonyl (C=O) groups is 1. The maximum atomic E-state index is 13.5. The van der Waals surface area contributed by atoms with E-state index < -0.39 is 11.4 Å². The molecule has 3 heteroatoms. The van der Waals surface area contributed by atoms with Gasteiger partial charge in [0.05, 0.1) is 5.41 Å². The average Bonchev–Trinajstić information content (AvgIpc) is 2.40. The van der Waals surface area contributed by atoms with Gasteiger partial charge in [-0.25, -0.2) is 4.39 Å². The van der Waals surface area contributed by atoms with Gasteiger partial charge in [-0.2, -0.15) is 0 Å². The van der Waals surface area contributed by atoms with Crippen LogP contribution in [0.1, 0.15) is 50.2 Å². The van der Waals surface area contributed by atoms with Gasteiger partial charge in [0.25, 0.3) is 0 Å². The van der Waals surface area contributed by atoms with Crippen LogP contribution in [0.25, 0.3) is 0 Å². The fourth-order valence-corrected chi connectivity index (χ4v) is 2.92. The smallest absolute Gasteiger partial charge is 0.314 e. The molecule has 1 N–H and O–H groups in total. The number of halogens is 1. The number of aliphatic carboxylic acids is 1. The number of hydrogen-bond donors (Lipinski definition) is 1. The van der Waals surface area contributed by atoms with Crippen LogP contribution in [-0.4, -0.2) is 11.1 Å². The van der Waals surface area contributed by atoms with Gasteiger partial charge in [0.2, 0.25) is 0 Å². The van der Waals surface area contributed by atoms with E-state index in [2.05, 4.69) is 0 Å². The van der Waals surface area contributed by atoms with Crippen molar-refractivity contribution in [3.05, 3.63) is 35.1 Å². The van der Waals surface area contributed by atoms with Crippen LogP contribution in [0.2, 0.25) is 0 Å². The van der Waals surface area contributed by atoms with Crippen molar-refractivity contribution in [1.29, 1.82) is 0 Å². The molecule has 0 atom stereocenters. The molecule has 0 amide bonds. The minimum atomic E-state index is -0.796. The van der Waals surface area contributed by atoms with E-state index in [9.17, 15) is 14.3 Å². The Balaban J connectivity index is 2.45. The highest BCUT2D eigenvalue weighted by molar-refractivity contribution is 5.81. The minimum Gasteiger partial charge on any atom is -0.481 e. The van der Waals surface area contributed by atoms with Crippen LogP contribution in [0.15, 0.2) is 18.2 Å². The summed E-state index contributed by atoms with van der Waals surface area (Å²) in [4.78, 5) is 11.7. The first-order chi connectivity index (χ1) is 8.60. The maximum absolute atomic E-state index is 13.5. The Kier molecular flexibility index (Phi) is 3.69. The van der Waals surface area contributed by atoms with Crippen molar-refractivity contribution in [2.24, 2.45) is 0 Å². The van der Waals surface area contributed by atoms with E-state index in [0.29, 0.717) is 24.8 Å². The monoisotopic (exact) mass is 250 g/mol. The van der Waals surface area contributed by atoms with Crippen molar-refractivity contribution in [3.63, 3.8) is 0 Å². The first-order valence-corrected chi connectivity index (χ1v) is 6.62. The molecule has 2 rings (SSSR count). The molecule has 1 aromatic carbocycles. The molecule has 1 aromatic rings. The lowest BCUT2D eigenvalue weighted by Crippen LogP contribution is -2.37. The molecule has 0 aliphatic heterocycles. The molecule has 1 saturated carbocycles. The highest BCUT2D eigenvalue weighted by atomic mass is 19.1. The van der Waals surface area contributed by atoms with Crippen molar-refractivity contribution >= 4 is 5.97 Å². The summed E-state index contributed by atoms with van der Waals surface area (Å²) < 4.78 is 13.5. The van der Waals surface area contributed by atoms with Gasteiger partial charge < -0.3 is 5.11 Å². The predicted octanol–water partition coefficient (Wildman–Crippen LogP) is 3.67. The lowest BCUT2D eigenvalue weighted by Gasteiger charge is -2.34. The van der Waals surface area contributed by atoms with Crippen LogP contribution in [-0.2, 0) is 16.6 Å². The Hall–Kier alpha value is -1.38. The molecule has 1 fully saturated rings. The fraction of sp³-hybridized carbons (Fsp3) is 0.533. The Morgan fingerprint density at radius 1 is 1.33 bits per heavy atom. The molecule has 0 aromatic heterocycles. The third kappa shape index (κ3) is 2.14. The number of benzene rings is 1. The molecule has 1 aliphatic carbocycles. The second-order valence-corrected chi connectivity index (χ2v) is 5.11. The van der Waals surface area contributed by atoms with E-state index in [1.54, 1.807) is 12.1 Å². The Morgan fingerprint density at radius 2 is 2.00 bits per heavy atom. The number of carboxylic acid groups (broad SMARTS) is 1. The molecule has 0 radical (unpaired) electrons. The maximum Gasteiger partial charge on any atom is 0.314 e. The SMILES string of the molecule is CCc1cc(C2(C(=O)O)CCCCC2)ccc1F. The second-order valence-electron chi connectivity index (χ2n) is 5.11. The second kappa shape index (κ2) is 5.09. The zero-order valence-electron chi connectivity index (χ0n) is 10.7. The number of aryl methyl sites for hydroxylation is 1. The zero-order valence-corrected chi connectivity index (χ0v) is 10.7. The molecule has 0 unspecified atom stereocenters. The van der Waals surface area contributed by atoms with Gasteiger partial charge in [-0.3, -0.25) is 4.79 Å². The van der Waals surface area contributed by atoms with Gasteiger partial charge in [0.15, 0.2) is 0 Å². The first kappa shape index (κ1) is 13.1.